The average Bonchev–Trinajstić information content (AvgIpc) is 3.16. The lowest BCUT2D eigenvalue weighted by Crippen LogP contribution is -1.87. The van der Waals surface area contributed by atoms with Crippen LogP contribution in [0.5, 0.6) is 0 Å². The Morgan fingerprint density at radius 2 is 0.863 bits per heavy atom. The van der Waals surface area contributed by atoms with Gasteiger partial charge in [-0.05, 0) is 106 Å². The van der Waals surface area contributed by atoms with Crippen molar-refractivity contribution >= 4 is 89.9 Å². The zero-order chi connectivity index (χ0) is 34.1. The van der Waals surface area contributed by atoms with E-state index in [1.165, 1.54) is 42.4 Å². The molecule has 5 heteroatoms. The summed E-state index contributed by atoms with van der Waals surface area (Å²) >= 11 is 0. The van der Waals surface area contributed by atoms with E-state index in [2.05, 4.69) is 151 Å². The van der Waals surface area contributed by atoms with E-state index in [9.17, 15) is 4.39 Å². The number of pyridine rings is 1. The lowest BCUT2D eigenvalue weighted by molar-refractivity contribution is 0.628. The van der Waals surface area contributed by atoms with Gasteiger partial charge < -0.3 is 4.98 Å². The second-order valence-electron chi connectivity index (χ2n) is 13.2. The molecular weight excluding hydrogens is 661 g/mol. The van der Waals surface area contributed by atoms with Gasteiger partial charge in [-0.25, -0.2) is 9.37 Å². The van der Waals surface area contributed by atoms with Crippen LogP contribution in [0.15, 0.2) is 164 Å². The Labute approximate surface area is 295 Å². The first-order chi connectivity index (χ1) is 25.1. The average molecular weight is 693 g/mol. The number of aryl methyl sites for hydroxylation is 1. The Hall–Kier alpha value is -5.72. The van der Waals surface area contributed by atoms with E-state index in [0.29, 0.717) is 0 Å². The molecule has 1 N–H and O–H groups in total. The number of nitrogens with one attached hydrogen (secondary N) is 1. The Bertz CT molecular complexity index is 2890. The molecule has 242 valence electrons. The monoisotopic (exact) mass is 692 g/mol. The third-order valence-corrected chi connectivity index (χ3v) is 15.0. The maximum absolute atomic E-state index is 14.5. The zero-order valence-electron chi connectivity index (χ0n) is 27.8. The summed E-state index contributed by atoms with van der Waals surface area (Å²) in [5.74, 6) is -0.239. The summed E-state index contributed by atoms with van der Waals surface area (Å²) in [4.78, 5) is 9.74. The normalized spacial score (nSPS) is 12.4. The second kappa shape index (κ2) is 12.0. The minimum absolute atomic E-state index is 0.239. The number of hydrogen-bond acceptors (Lipinski definition) is 1. The highest BCUT2D eigenvalue weighted by Gasteiger charge is 2.15. The molecule has 10 aromatic rings. The number of aromatic nitrogens is 2. The van der Waals surface area contributed by atoms with Gasteiger partial charge in [0.15, 0.2) is 0 Å². The molecule has 2 atom stereocenters. The number of rotatable bonds is 2. The van der Waals surface area contributed by atoms with E-state index in [4.69, 9.17) is 4.98 Å². The number of aromatic amines is 1. The number of hydrogen-bond donors (Lipinski definition) is 1. The maximum atomic E-state index is 14.5. The molecule has 0 fully saturated rings. The Kier molecular flexibility index (Phi) is 7.07. The number of halogens is 1. The Morgan fingerprint density at radius 3 is 1.35 bits per heavy atom. The first kappa shape index (κ1) is 30.1. The number of benzene rings is 8. The summed E-state index contributed by atoms with van der Waals surface area (Å²) in [5.41, 5.74) is 5.38. The molecule has 2 nitrogen and oxygen atoms in total. The van der Waals surface area contributed by atoms with Crippen LogP contribution >= 0.6 is 15.1 Å². The number of para-hydroxylation sites is 2. The lowest BCUT2D eigenvalue weighted by atomic mass is 10.1. The van der Waals surface area contributed by atoms with E-state index in [1.807, 2.05) is 12.1 Å². The highest BCUT2D eigenvalue weighted by atomic mass is 31.1. The van der Waals surface area contributed by atoms with Crippen molar-refractivity contribution in [1.29, 1.82) is 0 Å². The van der Waals surface area contributed by atoms with Crippen molar-refractivity contribution in [1.82, 2.24) is 9.97 Å². The van der Waals surface area contributed by atoms with Gasteiger partial charge >= 0.3 is 0 Å². The van der Waals surface area contributed by atoms with Crippen LogP contribution in [-0.4, -0.2) is 9.97 Å². The smallest absolute Gasteiger partial charge is 0.123 e. The van der Waals surface area contributed by atoms with Gasteiger partial charge in [0.25, 0.3) is 0 Å². The zero-order valence-corrected chi connectivity index (χ0v) is 29.6. The number of H-pyrrole nitrogens is 1. The molecule has 2 heterocycles. The standard InChI is InChI=1S/C46H31FN2P2/c1-29-16-20-37(21-17-29)50-41-14-6-12-34-24-35-13-7-15-42(46(35)49-45(34)41)51(38-22-18-36(47)19-23-38)44-28-33-11-5-3-9-31(33)26-40(44)48-39-25-30-8-2-4-10-32(30)27-43(39)50/h2-28,48H,1H3. The topological polar surface area (TPSA) is 28.7 Å². The van der Waals surface area contributed by atoms with Crippen molar-refractivity contribution in [3.8, 4) is 10.6 Å². The fourth-order valence-electron chi connectivity index (χ4n) is 7.49. The van der Waals surface area contributed by atoms with Gasteiger partial charge in [-0.3, -0.25) is 0 Å². The molecule has 0 aliphatic heterocycles. The summed E-state index contributed by atoms with van der Waals surface area (Å²) in [7, 11) is -2.22. The van der Waals surface area contributed by atoms with E-state index in [-0.39, 0.29) is 5.82 Å². The van der Waals surface area contributed by atoms with Crippen molar-refractivity contribution in [2.75, 3.05) is 0 Å². The summed E-state index contributed by atoms with van der Waals surface area (Å²) in [5, 5.41) is 14.1. The third kappa shape index (κ3) is 5.12. The van der Waals surface area contributed by atoms with Crippen molar-refractivity contribution in [2.24, 2.45) is 0 Å². The highest BCUT2D eigenvalue weighted by Crippen LogP contribution is 2.54. The lowest BCUT2D eigenvalue weighted by Gasteiger charge is -2.15. The first-order valence-corrected chi connectivity index (χ1v) is 19.8. The van der Waals surface area contributed by atoms with Crippen molar-refractivity contribution in [2.45, 2.75) is 6.92 Å². The van der Waals surface area contributed by atoms with Crippen LogP contribution in [0.3, 0.4) is 0 Å². The Balaban J connectivity index is 1.57. The molecule has 0 saturated heterocycles. The first-order valence-electron chi connectivity index (χ1n) is 17.2. The summed E-state index contributed by atoms with van der Waals surface area (Å²) in [6.45, 7) is 2.15. The van der Waals surface area contributed by atoms with E-state index >= 15 is 0 Å². The molecule has 8 aromatic carbocycles. The quantitative estimate of drug-likeness (QED) is 0.180. The molecule has 0 aliphatic rings. The van der Waals surface area contributed by atoms with Crippen molar-refractivity contribution in [3.05, 3.63) is 175 Å². The molecule has 0 radical (unpaired) electrons. The predicted molar refractivity (Wildman–Crippen MR) is 220 cm³/mol. The van der Waals surface area contributed by atoms with Crippen LogP contribution in [-0.2, 0) is 0 Å². The maximum Gasteiger partial charge on any atom is 0.123 e. The fraction of sp³-hybridized carbons (Fsp3) is 0.0217. The highest BCUT2D eigenvalue weighted by molar-refractivity contribution is 7.67. The minimum Gasteiger partial charge on any atom is -0.354 e. The molecule has 0 saturated carbocycles. The van der Waals surface area contributed by atoms with Gasteiger partial charge in [-0.1, -0.05) is 118 Å². The molecule has 2 unspecified atom stereocenters. The van der Waals surface area contributed by atoms with Crippen molar-refractivity contribution < 1.29 is 4.39 Å². The Morgan fingerprint density at radius 1 is 0.431 bits per heavy atom. The van der Waals surface area contributed by atoms with Gasteiger partial charge in [0, 0.05) is 31.2 Å². The van der Waals surface area contributed by atoms with Gasteiger partial charge in [-0.2, -0.15) is 0 Å². The minimum atomic E-state index is -1.17. The summed E-state index contributed by atoms with van der Waals surface area (Å²) in [6, 6.07) is 58.2. The summed E-state index contributed by atoms with van der Waals surface area (Å²) in [6.07, 6.45) is 0. The molecule has 2 bridgehead atoms. The van der Waals surface area contributed by atoms with Gasteiger partial charge in [0.2, 0.25) is 0 Å². The molecular formula is C46H31FN2P2. The van der Waals surface area contributed by atoms with Gasteiger partial charge in [-0.15, -0.1) is 0 Å². The van der Waals surface area contributed by atoms with Crippen LogP contribution in [0.4, 0.5) is 4.39 Å². The second-order valence-corrected chi connectivity index (χ2v) is 17.5. The van der Waals surface area contributed by atoms with Crippen LogP contribution < -0.4 is 0 Å². The molecule has 10 rings (SSSR count). The molecule has 0 aliphatic carbocycles. The third-order valence-electron chi connectivity index (χ3n) is 9.96. The van der Waals surface area contributed by atoms with Gasteiger partial charge in [0.1, 0.15) is 5.82 Å². The predicted octanol–water partition coefficient (Wildman–Crippen LogP) is 14.6. The van der Waals surface area contributed by atoms with Crippen molar-refractivity contribution in [3.63, 3.8) is 0 Å². The van der Waals surface area contributed by atoms with Crippen LogP contribution in [0.1, 0.15) is 5.56 Å². The molecule has 0 amide bonds. The fourth-order valence-corrected chi connectivity index (χ4v) is 12.5. The van der Waals surface area contributed by atoms with E-state index < -0.39 is 15.1 Å². The molecule has 2 aromatic heterocycles. The molecule has 51 heavy (non-hydrogen) atoms. The number of nitrogens with zero attached hydrogens (tertiary/aromatic N) is 1. The largest absolute Gasteiger partial charge is 0.354 e. The van der Waals surface area contributed by atoms with E-state index in [1.54, 1.807) is 12.1 Å². The van der Waals surface area contributed by atoms with Gasteiger partial charge in [0.05, 0.1) is 22.1 Å². The van der Waals surface area contributed by atoms with E-state index in [0.717, 1.165) is 48.6 Å². The molecule has 0 spiro atoms. The summed E-state index contributed by atoms with van der Waals surface area (Å²) < 4.78 is 14.5. The number of fused-ring (bicyclic) bond motifs is 4. The van der Waals surface area contributed by atoms with Crippen LogP contribution in [0.25, 0.3) is 85.5 Å². The van der Waals surface area contributed by atoms with Crippen LogP contribution in [0.2, 0.25) is 0 Å². The van der Waals surface area contributed by atoms with Crippen LogP contribution in [0, 0.1) is 12.7 Å². The SMILES string of the molecule is Cc1ccc(-p2c3cc4ccccc4cc3[nH]c3cc4ccccc4cc3p(-c3ccc(F)cc3)c3cccc4cc5cccc2c5nc43)cc1.